The van der Waals surface area contributed by atoms with E-state index in [-0.39, 0.29) is 0 Å². The van der Waals surface area contributed by atoms with Crippen LogP contribution in [-0.2, 0) is 6.54 Å². The minimum atomic E-state index is 0.336. The van der Waals surface area contributed by atoms with Gasteiger partial charge in [0.05, 0.1) is 0 Å². The Hall–Kier alpha value is -2.04. The van der Waals surface area contributed by atoms with Gasteiger partial charge in [-0.1, -0.05) is 6.08 Å². The Morgan fingerprint density at radius 3 is 3.00 bits per heavy atom. The van der Waals surface area contributed by atoms with Gasteiger partial charge < -0.3 is 15.4 Å². The van der Waals surface area contributed by atoms with E-state index < -0.39 is 0 Å². The highest BCUT2D eigenvalue weighted by atomic mass is 16.5. The maximum Gasteiger partial charge on any atom is 0.213 e. The van der Waals surface area contributed by atoms with Gasteiger partial charge in [-0.2, -0.15) is 0 Å². The monoisotopic (exact) mass is 288 g/mol. The van der Waals surface area contributed by atoms with Crippen LogP contribution in [0.2, 0.25) is 0 Å². The fraction of sp³-hybridized carbons (Fsp3) is 0.500. The van der Waals surface area contributed by atoms with Gasteiger partial charge in [0, 0.05) is 32.4 Å². The minimum absolute atomic E-state index is 0.336. The number of hydrogen-bond acceptors (Lipinski definition) is 3. The highest BCUT2D eigenvalue weighted by molar-refractivity contribution is 5.79. The molecule has 1 aromatic heterocycles. The van der Waals surface area contributed by atoms with Gasteiger partial charge >= 0.3 is 0 Å². The van der Waals surface area contributed by atoms with E-state index in [1.165, 1.54) is 12.8 Å². The molecule has 1 saturated carbocycles. The molecule has 1 aromatic rings. The summed E-state index contributed by atoms with van der Waals surface area (Å²) in [5, 5.41) is 6.39. The molecule has 5 nitrogen and oxygen atoms in total. The van der Waals surface area contributed by atoms with Crippen LogP contribution in [0.25, 0.3) is 0 Å². The summed E-state index contributed by atoms with van der Waals surface area (Å²) in [6.45, 7) is 5.04. The van der Waals surface area contributed by atoms with Crippen molar-refractivity contribution in [2.45, 2.75) is 38.3 Å². The Kier molecular flexibility index (Phi) is 6.06. The van der Waals surface area contributed by atoms with E-state index in [0.717, 1.165) is 30.2 Å². The SMILES string of the molecule is C=CCNC(=NC)NCc1ccnc(OC2CCCC2)c1. The summed E-state index contributed by atoms with van der Waals surface area (Å²) in [5.41, 5.74) is 1.12. The Balaban J connectivity index is 1.86. The van der Waals surface area contributed by atoms with Gasteiger partial charge in [0.15, 0.2) is 5.96 Å². The number of ether oxygens (including phenoxy) is 1. The number of rotatable bonds is 6. The molecule has 0 saturated heterocycles. The largest absolute Gasteiger partial charge is 0.474 e. The molecule has 2 N–H and O–H groups in total. The molecule has 114 valence electrons. The molecule has 0 aromatic carbocycles. The lowest BCUT2D eigenvalue weighted by Gasteiger charge is -2.14. The van der Waals surface area contributed by atoms with Crippen molar-refractivity contribution >= 4 is 5.96 Å². The Morgan fingerprint density at radius 2 is 2.29 bits per heavy atom. The van der Waals surface area contributed by atoms with Gasteiger partial charge in [0.25, 0.3) is 0 Å². The fourth-order valence-corrected chi connectivity index (χ4v) is 2.38. The Labute approximate surface area is 126 Å². The zero-order valence-corrected chi connectivity index (χ0v) is 12.6. The van der Waals surface area contributed by atoms with E-state index in [4.69, 9.17) is 4.74 Å². The fourth-order valence-electron chi connectivity index (χ4n) is 2.38. The molecule has 1 aliphatic rings. The molecule has 0 radical (unpaired) electrons. The van der Waals surface area contributed by atoms with Crippen molar-refractivity contribution in [1.29, 1.82) is 0 Å². The summed E-state index contributed by atoms with van der Waals surface area (Å²) in [5.74, 6) is 1.47. The van der Waals surface area contributed by atoms with Gasteiger partial charge in [0.1, 0.15) is 6.10 Å². The standard InChI is InChI=1S/C16H24N4O/c1-3-9-19-16(17-2)20-12-13-8-10-18-15(11-13)21-14-6-4-5-7-14/h3,8,10-11,14H,1,4-7,9,12H2,2H3,(H2,17,19,20). The third-order valence-electron chi connectivity index (χ3n) is 3.49. The Bertz CT molecular complexity index is 481. The summed E-state index contributed by atoms with van der Waals surface area (Å²) in [6.07, 6.45) is 8.73. The first-order valence-electron chi connectivity index (χ1n) is 7.49. The molecule has 1 fully saturated rings. The third-order valence-corrected chi connectivity index (χ3v) is 3.49. The zero-order chi connectivity index (χ0) is 14.9. The maximum absolute atomic E-state index is 5.92. The van der Waals surface area contributed by atoms with Crippen LogP contribution in [0.4, 0.5) is 0 Å². The predicted molar refractivity (Wildman–Crippen MR) is 85.5 cm³/mol. The summed E-state index contributed by atoms with van der Waals surface area (Å²) in [4.78, 5) is 8.44. The first kappa shape index (κ1) is 15.4. The number of nitrogens with zero attached hydrogens (tertiary/aromatic N) is 2. The smallest absolute Gasteiger partial charge is 0.213 e. The summed E-state index contributed by atoms with van der Waals surface area (Å²) in [7, 11) is 1.75. The summed E-state index contributed by atoms with van der Waals surface area (Å²) >= 11 is 0. The van der Waals surface area contributed by atoms with Crippen LogP contribution in [0.3, 0.4) is 0 Å². The van der Waals surface area contributed by atoms with Crippen LogP contribution < -0.4 is 15.4 Å². The molecule has 0 amide bonds. The van der Waals surface area contributed by atoms with Crippen molar-refractivity contribution in [2.24, 2.45) is 4.99 Å². The minimum Gasteiger partial charge on any atom is -0.474 e. The topological polar surface area (TPSA) is 58.5 Å². The number of guanidine groups is 1. The van der Waals surface area contributed by atoms with Crippen molar-refractivity contribution < 1.29 is 4.74 Å². The molecule has 5 heteroatoms. The molecule has 1 heterocycles. The highest BCUT2D eigenvalue weighted by Crippen LogP contribution is 2.23. The van der Waals surface area contributed by atoms with E-state index in [9.17, 15) is 0 Å². The van der Waals surface area contributed by atoms with E-state index in [2.05, 4.69) is 27.2 Å². The van der Waals surface area contributed by atoms with Crippen molar-refractivity contribution in [1.82, 2.24) is 15.6 Å². The van der Waals surface area contributed by atoms with Crippen LogP contribution >= 0.6 is 0 Å². The molecule has 0 bridgehead atoms. The second kappa shape index (κ2) is 8.29. The van der Waals surface area contributed by atoms with E-state index in [0.29, 0.717) is 19.2 Å². The van der Waals surface area contributed by atoms with E-state index in [1.807, 2.05) is 12.1 Å². The average Bonchev–Trinajstić information content (AvgIpc) is 3.01. The van der Waals surface area contributed by atoms with Gasteiger partial charge in [-0.05, 0) is 37.3 Å². The lowest BCUT2D eigenvalue weighted by Crippen LogP contribution is -2.36. The quantitative estimate of drug-likeness (QED) is 0.479. The van der Waals surface area contributed by atoms with Crippen molar-refractivity contribution in [3.63, 3.8) is 0 Å². The van der Waals surface area contributed by atoms with Crippen LogP contribution in [0.5, 0.6) is 5.88 Å². The molecule has 0 unspecified atom stereocenters. The highest BCUT2D eigenvalue weighted by Gasteiger charge is 2.16. The number of aliphatic imine (C=N–C) groups is 1. The second-order valence-electron chi connectivity index (χ2n) is 5.12. The zero-order valence-electron chi connectivity index (χ0n) is 12.6. The summed E-state index contributed by atoms with van der Waals surface area (Å²) in [6, 6.07) is 3.97. The third kappa shape index (κ3) is 5.10. The number of aromatic nitrogens is 1. The van der Waals surface area contributed by atoms with Gasteiger partial charge in [-0.15, -0.1) is 6.58 Å². The number of hydrogen-bond donors (Lipinski definition) is 2. The van der Waals surface area contributed by atoms with Gasteiger partial charge in [0.2, 0.25) is 5.88 Å². The van der Waals surface area contributed by atoms with Crippen LogP contribution in [-0.4, -0.2) is 30.6 Å². The number of pyridine rings is 1. The first-order chi connectivity index (χ1) is 10.3. The van der Waals surface area contributed by atoms with Crippen molar-refractivity contribution in [3.8, 4) is 5.88 Å². The van der Waals surface area contributed by atoms with Crippen molar-refractivity contribution in [2.75, 3.05) is 13.6 Å². The molecular weight excluding hydrogens is 264 g/mol. The molecule has 0 spiro atoms. The molecule has 1 aliphatic carbocycles. The Morgan fingerprint density at radius 1 is 1.48 bits per heavy atom. The van der Waals surface area contributed by atoms with Crippen LogP contribution in [0, 0.1) is 0 Å². The lowest BCUT2D eigenvalue weighted by atomic mass is 10.2. The maximum atomic E-state index is 5.92. The van der Waals surface area contributed by atoms with Crippen LogP contribution in [0.1, 0.15) is 31.2 Å². The lowest BCUT2D eigenvalue weighted by molar-refractivity contribution is 0.201. The predicted octanol–water partition coefficient (Wildman–Crippen LogP) is 2.25. The van der Waals surface area contributed by atoms with E-state index >= 15 is 0 Å². The normalized spacial score (nSPS) is 15.8. The second-order valence-corrected chi connectivity index (χ2v) is 5.12. The molecule has 0 aliphatic heterocycles. The van der Waals surface area contributed by atoms with Gasteiger partial charge in [-0.25, -0.2) is 4.98 Å². The summed E-state index contributed by atoms with van der Waals surface area (Å²) < 4.78 is 5.92. The van der Waals surface area contributed by atoms with E-state index in [1.54, 1.807) is 19.3 Å². The number of nitrogens with one attached hydrogen (secondary N) is 2. The molecule has 0 atom stereocenters. The molecule has 21 heavy (non-hydrogen) atoms. The van der Waals surface area contributed by atoms with Crippen LogP contribution in [0.15, 0.2) is 36.0 Å². The first-order valence-corrected chi connectivity index (χ1v) is 7.49. The van der Waals surface area contributed by atoms with Gasteiger partial charge in [-0.3, -0.25) is 4.99 Å². The average molecular weight is 288 g/mol. The van der Waals surface area contributed by atoms with Crippen molar-refractivity contribution in [3.05, 3.63) is 36.5 Å². The molecular formula is C16H24N4O. The molecule has 2 rings (SSSR count).